The Kier molecular flexibility index (Phi) is 2.99. The molecule has 4 fully saturated rings. The molecule has 1 aromatic rings. The number of phenols is 1. The van der Waals surface area contributed by atoms with Crippen LogP contribution in [-0.4, -0.2) is 22.5 Å². The van der Waals surface area contributed by atoms with Crippen molar-refractivity contribution in [1.29, 1.82) is 0 Å². The van der Waals surface area contributed by atoms with Crippen molar-refractivity contribution >= 4 is 11.8 Å². The zero-order chi connectivity index (χ0) is 16.2. The number of rotatable bonds is 3. The van der Waals surface area contributed by atoms with E-state index in [0.717, 1.165) is 32.1 Å². The number of primary amides is 1. The Balaban J connectivity index is 1.61. The molecule has 0 aliphatic heterocycles. The van der Waals surface area contributed by atoms with E-state index in [1.54, 1.807) is 18.2 Å². The van der Waals surface area contributed by atoms with Crippen molar-refractivity contribution < 1.29 is 14.7 Å². The third-order valence-electron chi connectivity index (χ3n) is 6.07. The van der Waals surface area contributed by atoms with Gasteiger partial charge in [0.15, 0.2) is 0 Å². The van der Waals surface area contributed by atoms with E-state index in [1.807, 2.05) is 0 Å². The summed E-state index contributed by atoms with van der Waals surface area (Å²) < 4.78 is 0. The van der Waals surface area contributed by atoms with Crippen LogP contribution >= 0.6 is 0 Å². The number of phenolic OH excluding ortho intramolecular Hbond substituents is 1. The first-order valence-electron chi connectivity index (χ1n) is 8.31. The minimum atomic E-state index is -0.434. The second-order valence-corrected chi connectivity index (χ2v) is 7.89. The predicted octanol–water partition coefficient (Wildman–Crippen LogP) is 1.95. The van der Waals surface area contributed by atoms with Crippen LogP contribution in [0.25, 0.3) is 0 Å². The average molecular weight is 314 g/mol. The highest BCUT2D eigenvalue weighted by atomic mass is 16.3. The largest absolute Gasteiger partial charge is 0.508 e. The molecule has 4 N–H and O–H groups in total. The Bertz CT molecular complexity index is 671. The van der Waals surface area contributed by atoms with Crippen LogP contribution in [0.5, 0.6) is 5.75 Å². The van der Waals surface area contributed by atoms with Crippen molar-refractivity contribution in [3.05, 3.63) is 29.8 Å². The van der Waals surface area contributed by atoms with Gasteiger partial charge in [0.2, 0.25) is 5.91 Å². The SMILES string of the molecule is NC(=O)C12CC3CC(CC(NC(=O)c4cccc(O)c4)(C3)C1)C2. The second kappa shape index (κ2) is 4.73. The topological polar surface area (TPSA) is 92.4 Å². The third kappa shape index (κ3) is 2.30. The van der Waals surface area contributed by atoms with E-state index >= 15 is 0 Å². The summed E-state index contributed by atoms with van der Waals surface area (Å²) in [5.41, 5.74) is 5.43. The first-order valence-corrected chi connectivity index (χ1v) is 8.31. The molecule has 0 aromatic heterocycles. The van der Waals surface area contributed by atoms with Gasteiger partial charge in [-0.2, -0.15) is 0 Å². The lowest BCUT2D eigenvalue weighted by Gasteiger charge is -2.61. The van der Waals surface area contributed by atoms with Crippen molar-refractivity contribution in [2.24, 2.45) is 23.0 Å². The minimum absolute atomic E-state index is 0.0803. The van der Waals surface area contributed by atoms with Crippen LogP contribution in [0.2, 0.25) is 0 Å². The highest BCUT2D eigenvalue weighted by Gasteiger charge is 2.60. The smallest absolute Gasteiger partial charge is 0.251 e. The van der Waals surface area contributed by atoms with Gasteiger partial charge in [0.1, 0.15) is 5.75 Å². The lowest BCUT2D eigenvalue weighted by Crippen LogP contribution is -2.65. The highest BCUT2D eigenvalue weighted by molar-refractivity contribution is 5.95. The molecule has 5 rings (SSSR count). The number of benzene rings is 1. The molecule has 0 spiro atoms. The van der Waals surface area contributed by atoms with E-state index < -0.39 is 5.41 Å². The fourth-order valence-electron chi connectivity index (χ4n) is 5.66. The van der Waals surface area contributed by atoms with E-state index in [1.165, 1.54) is 6.07 Å². The van der Waals surface area contributed by atoms with Gasteiger partial charge in [0, 0.05) is 11.1 Å². The van der Waals surface area contributed by atoms with Gasteiger partial charge >= 0.3 is 0 Å². The Labute approximate surface area is 135 Å². The molecule has 0 saturated heterocycles. The van der Waals surface area contributed by atoms with Crippen LogP contribution < -0.4 is 11.1 Å². The molecule has 4 aliphatic carbocycles. The van der Waals surface area contributed by atoms with E-state index in [0.29, 0.717) is 23.8 Å². The van der Waals surface area contributed by atoms with Gasteiger partial charge in [0.05, 0.1) is 5.41 Å². The van der Waals surface area contributed by atoms with E-state index in [9.17, 15) is 14.7 Å². The van der Waals surface area contributed by atoms with Crippen molar-refractivity contribution in [3.63, 3.8) is 0 Å². The Morgan fingerprint density at radius 3 is 2.48 bits per heavy atom. The molecule has 2 amide bonds. The molecule has 5 heteroatoms. The fraction of sp³-hybridized carbons (Fsp3) is 0.556. The number of amides is 2. The minimum Gasteiger partial charge on any atom is -0.508 e. The molecular weight excluding hydrogens is 292 g/mol. The van der Waals surface area contributed by atoms with Crippen molar-refractivity contribution in [1.82, 2.24) is 5.32 Å². The standard InChI is InChI=1S/C18H22N2O3/c19-16(23)17-6-11-4-12(7-17)9-18(8-11,10-17)20-15(22)13-2-1-3-14(21)5-13/h1-3,5,11-12,21H,4,6-10H2,(H2,19,23)(H,20,22). The first kappa shape index (κ1) is 14.5. The number of nitrogens with one attached hydrogen (secondary N) is 1. The molecule has 4 bridgehead atoms. The van der Waals surface area contributed by atoms with Gasteiger partial charge < -0.3 is 16.2 Å². The van der Waals surface area contributed by atoms with Gasteiger partial charge in [-0.1, -0.05) is 6.07 Å². The average Bonchev–Trinajstić information content (AvgIpc) is 2.45. The molecule has 2 unspecified atom stereocenters. The summed E-state index contributed by atoms with van der Waals surface area (Å²) in [6.45, 7) is 0. The van der Waals surface area contributed by atoms with E-state index in [-0.39, 0.29) is 23.1 Å². The van der Waals surface area contributed by atoms with Gasteiger partial charge in [-0.25, -0.2) is 0 Å². The maximum atomic E-state index is 12.6. The third-order valence-corrected chi connectivity index (χ3v) is 6.07. The Morgan fingerprint density at radius 1 is 1.17 bits per heavy atom. The second-order valence-electron chi connectivity index (χ2n) is 7.89. The normalized spacial score (nSPS) is 37.6. The van der Waals surface area contributed by atoms with E-state index in [4.69, 9.17) is 5.73 Å². The van der Waals surface area contributed by atoms with Crippen LogP contribution in [0.3, 0.4) is 0 Å². The monoisotopic (exact) mass is 314 g/mol. The summed E-state index contributed by atoms with van der Waals surface area (Å²) in [5.74, 6) is 0.656. The van der Waals surface area contributed by atoms with Crippen LogP contribution in [-0.2, 0) is 4.79 Å². The molecule has 122 valence electrons. The highest BCUT2D eigenvalue weighted by Crippen LogP contribution is 2.61. The summed E-state index contributed by atoms with van der Waals surface area (Å²) in [6, 6.07) is 6.37. The predicted molar refractivity (Wildman–Crippen MR) is 84.6 cm³/mol. The van der Waals surface area contributed by atoms with Crippen LogP contribution in [0.15, 0.2) is 24.3 Å². The van der Waals surface area contributed by atoms with E-state index in [2.05, 4.69) is 5.32 Å². The number of hydrogen-bond acceptors (Lipinski definition) is 3. The van der Waals surface area contributed by atoms with Crippen molar-refractivity contribution in [2.75, 3.05) is 0 Å². The maximum absolute atomic E-state index is 12.6. The Morgan fingerprint density at radius 2 is 1.87 bits per heavy atom. The zero-order valence-electron chi connectivity index (χ0n) is 13.0. The summed E-state index contributed by atoms with van der Waals surface area (Å²) >= 11 is 0. The lowest BCUT2D eigenvalue weighted by molar-refractivity contribution is -0.146. The first-order chi connectivity index (χ1) is 10.9. The van der Waals surface area contributed by atoms with Crippen LogP contribution in [0.1, 0.15) is 48.9 Å². The zero-order valence-corrected chi connectivity index (χ0v) is 13.0. The summed E-state index contributed by atoms with van der Waals surface area (Å²) in [4.78, 5) is 24.7. The molecule has 2 atom stereocenters. The number of carbonyl (C=O) groups excluding carboxylic acids is 2. The van der Waals surface area contributed by atoms with Gasteiger partial charge in [-0.3, -0.25) is 9.59 Å². The molecule has 4 saturated carbocycles. The molecule has 0 heterocycles. The fourth-order valence-corrected chi connectivity index (χ4v) is 5.66. The quantitative estimate of drug-likeness (QED) is 0.796. The molecule has 4 aliphatic rings. The van der Waals surface area contributed by atoms with Gasteiger partial charge in [-0.15, -0.1) is 0 Å². The number of hydrogen-bond donors (Lipinski definition) is 3. The molecule has 0 radical (unpaired) electrons. The van der Waals surface area contributed by atoms with Crippen molar-refractivity contribution in [3.8, 4) is 5.75 Å². The summed E-state index contributed by atoms with van der Waals surface area (Å²) in [5, 5.41) is 12.8. The number of aromatic hydroxyl groups is 1. The van der Waals surface area contributed by atoms with Gasteiger partial charge in [-0.05, 0) is 68.6 Å². The molecule has 5 nitrogen and oxygen atoms in total. The molecular formula is C18H22N2O3. The molecule has 1 aromatic carbocycles. The lowest BCUT2D eigenvalue weighted by atomic mass is 9.46. The van der Waals surface area contributed by atoms with Crippen LogP contribution in [0.4, 0.5) is 0 Å². The summed E-state index contributed by atoms with van der Waals surface area (Å²) in [6.07, 6.45) is 5.43. The Hall–Kier alpha value is -2.04. The number of carbonyl (C=O) groups is 2. The maximum Gasteiger partial charge on any atom is 0.251 e. The van der Waals surface area contributed by atoms with Crippen molar-refractivity contribution in [2.45, 2.75) is 44.1 Å². The number of nitrogens with two attached hydrogens (primary N) is 1. The van der Waals surface area contributed by atoms with Crippen LogP contribution in [0, 0.1) is 17.3 Å². The molecule has 23 heavy (non-hydrogen) atoms. The summed E-state index contributed by atoms with van der Waals surface area (Å²) in [7, 11) is 0. The van der Waals surface area contributed by atoms with Gasteiger partial charge in [0.25, 0.3) is 5.91 Å².